The van der Waals surface area contributed by atoms with Crippen LogP contribution in [0.25, 0.3) is 0 Å². The summed E-state index contributed by atoms with van der Waals surface area (Å²) in [6.45, 7) is 1.94. The highest BCUT2D eigenvalue weighted by atomic mass is 79.9. The number of aryl methyl sites for hydroxylation is 1. The maximum atomic E-state index is 12.1. The zero-order chi connectivity index (χ0) is 19.9. The Bertz CT molecular complexity index is 1010. The molecule has 2 aromatic carbocycles. The third-order valence-electron chi connectivity index (χ3n) is 3.64. The lowest BCUT2D eigenvalue weighted by atomic mass is 10.2. The highest BCUT2D eigenvalue weighted by Crippen LogP contribution is 2.18. The van der Waals surface area contributed by atoms with Crippen molar-refractivity contribution in [2.75, 3.05) is 22.3 Å². The van der Waals surface area contributed by atoms with Crippen LogP contribution in [0.15, 0.2) is 63.3 Å². The van der Waals surface area contributed by atoms with E-state index in [9.17, 15) is 4.79 Å². The van der Waals surface area contributed by atoms with Crippen LogP contribution in [0.3, 0.4) is 0 Å². The van der Waals surface area contributed by atoms with Gasteiger partial charge in [0.1, 0.15) is 0 Å². The first-order valence-electron chi connectivity index (χ1n) is 8.26. The fourth-order valence-corrected chi connectivity index (χ4v) is 3.31. The molecule has 0 atom stereocenters. The molecule has 0 radical (unpaired) electrons. The Hall–Kier alpha value is -2.85. The van der Waals surface area contributed by atoms with Crippen LogP contribution in [0.1, 0.15) is 11.1 Å². The Labute approximate surface area is 174 Å². The monoisotopic (exact) mass is 459 g/mol. The van der Waals surface area contributed by atoms with Crippen LogP contribution in [0.2, 0.25) is 0 Å². The quantitative estimate of drug-likeness (QED) is 0.216. The molecule has 4 N–H and O–H groups in total. The largest absolute Gasteiger partial charge is 0.334 e. The van der Waals surface area contributed by atoms with Crippen LogP contribution >= 0.6 is 27.7 Å². The van der Waals surface area contributed by atoms with Gasteiger partial charge in [-0.15, -0.1) is 10.2 Å². The van der Waals surface area contributed by atoms with E-state index in [4.69, 9.17) is 5.84 Å². The van der Waals surface area contributed by atoms with Crippen molar-refractivity contribution in [3.63, 3.8) is 0 Å². The van der Waals surface area contributed by atoms with E-state index >= 15 is 0 Å². The number of nitrogen functional groups attached to an aromatic ring is 1. The third kappa shape index (κ3) is 5.33. The van der Waals surface area contributed by atoms with Crippen molar-refractivity contribution >= 4 is 51.4 Å². The van der Waals surface area contributed by atoms with Gasteiger partial charge in [-0.3, -0.25) is 4.79 Å². The number of anilines is 2. The van der Waals surface area contributed by atoms with Crippen LogP contribution < -0.4 is 16.6 Å². The van der Waals surface area contributed by atoms with Gasteiger partial charge >= 0.3 is 0 Å². The van der Waals surface area contributed by atoms with E-state index in [1.165, 1.54) is 16.4 Å². The molecule has 0 saturated carbocycles. The number of para-hydroxylation sites is 1. The number of nitrogens with two attached hydrogens (primary N) is 1. The maximum absolute atomic E-state index is 12.1. The summed E-state index contributed by atoms with van der Waals surface area (Å²) in [5.74, 6) is 6.25. The Morgan fingerprint density at radius 1 is 1.29 bits per heavy atom. The number of hydrogen-bond acceptors (Lipinski definition) is 7. The topological polar surface area (TPSA) is 110 Å². The van der Waals surface area contributed by atoms with Crippen molar-refractivity contribution in [1.82, 2.24) is 14.9 Å². The van der Waals surface area contributed by atoms with Gasteiger partial charge in [0.05, 0.1) is 12.0 Å². The molecule has 0 aliphatic heterocycles. The Balaban J connectivity index is 1.54. The van der Waals surface area contributed by atoms with E-state index < -0.39 is 0 Å². The molecule has 28 heavy (non-hydrogen) atoms. The van der Waals surface area contributed by atoms with E-state index in [2.05, 4.69) is 42.0 Å². The first-order valence-corrected chi connectivity index (χ1v) is 10.0. The summed E-state index contributed by atoms with van der Waals surface area (Å²) in [6, 6.07) is 15.3. The number of benzene rings is 2. The summed E-state index contributed by atoms with van der Waals surface area (Å²) in [5.41, 5.74) is 5.43. The number of halogens is 1. The molecule has 0 saturated heterocycles. The van der Waals surface area contributed by atoms with E-state index in [1.807, 2.05) is 55.5 Å². The maximum Gasteiger partial charge on any atom is 0.264 e. The number of nitrogens with zero attached hydrogens (tertiary/aromatic N) is 4. The average molecular weight is 460 g/mol. The Morgan fingerprint density at radius 2 is 2.11 bits per heavy atom. The fourth-order valence-electron chi connectivity index (χ4n) is 2.23. The van der Waals surface area contributed by atoms with Gasteiger partial charge in [-0.2, -0.15) is 5.10 Å². The predicted octanol–water partition coefficient (Wildman–Crippen LogP) is 3.24. The SMILES string of the molecule is Cc1ccccc1NC(=O)CSc1nnc(N/N=C/c2cccc(Br)c2)n1N. The molecule has 1 heterocycles. The molecule has 8 nitrogen and oxygen atoms in total. The Morgan fingerprint density at radius 3 is 2.89 bits per heavy atom. The molecule has 0 aliphatic rings. The molecule has 0 fully saturated rings. The van der Waals surface area contributed by atoms with E-state index in [0.717, 1.165) is 21.3 Å². The minimum atomic E-state index is -0.149. The van der Waals surface area contributed by atoms with Gasteiger partial charge in [0.25, 0.3) is 5.95 Å². The lowest BCUT2D eigenvalue weighted by Crippen LogP contribution is -2.17. The molecule has 1 aromatic heterocycles. The van der Waals surface area contributed by atoms with Gasteiger partial charge in [-0.1, -0.05) is 58.0 Å². The summed E-state index contributed by atoms with van der Waals surface area (Å²) in [4.78, 5) is 12.1. The Kier molecular flexibility index (Phi) is 6.66. The molecule has 0 spiro atoms. The van der Waals surface area contributed by atoms with Crippen molar-refractivity contribution < 1.29 is 4.79 Å². The lowest BCUT2D eigenvalue weighted by molar-refractivity contribution is -0.113. The van der Waals surface area contributed by atoms with Gasteiger partial charge in [0, 0.05) is 10.2 Å². The molecule has 3 aromatic rings. The van der Waals surface area contributed by atoms with E-state index in [-0.39, 0.29) is 17.6 Å². The van der Waals surface area contributed by atoms with Crippen molar-refractivity contribution in [3.05, 3.63) is 64.1 Å². The second kappa shape index (κ2) is 9.38. The summed E-state index contributed by atoms with van der Waals surface area (Å²) >= 11 is 4.59. The summed E-state index contributed by atoms with van der Waals surface area (Å²) < 4.78 is 2.21. The second-order valence-corrected chi connectivity index (χ2v) is 7.61. The minimum Gasteiger partial charge on any atom is -0.334 e. The lowest BCUT2D eigenvalue weighted by Gasteiger charge is -2.07. The smallest absolute Gasteiger partial charge is 0.264 e. The van der Waals surface area contributed by atoms with Gasteiger partial charge in [0.2, 0.25) is 11.1 Å². The molecule has 144 valence electrons. The number of rotatable bonds is 7. The van der Waals surface area contributed by atoms with E-state index in [1.54, 1.807) is 6.21 Å². The van der Waals surface area contributed by atoms with Crippen LogP contribution in [0.5, 0.6) is 0 Å². The second-order valence-electron chi connectivity index (χ2n) is 5.75. The summed E-state index contributed by atoms with van der Waals surface area (Å²) in [5, 5.41) is 15.3. The number of aromatic nitrogens is 3. The summed E-state index contributed by atoms with van der Waals surface area (Å²) in [6.07, 6.45) is 1.64. The van der Waals surface area contributed by atoms with Gasteiger partial charge < -0.3 is 11.2 Å². The zero-order valence-corrected chi connectivity index (χ0v) is 17.4. The number of nitrogens with one attached hydrogen (secondary N) is 2. The van der Waals surface area contributed by atoms with Gasteiger partial charge in [-0.05, 0) is 36.2 Å². The van der Waals surface area contributed by atoms with Crippen molar-refractivity contribution in [3.8, 4) is 0 Å². The number of carbonyl (C=O) groups is 1. The third-order valence-corrected chi connectivity index (χ3v) is 5.08. The molecule has 10 heteroatoms. The molecule has 0 unspecified atom stereocenters. The fraction of sp³-hybridized carbons (Fsp3) is 0.111. The number of hydrazone groups is 1. The molecular weight excluding hydrogens is 442 g/mol. The molecular formula is C18H18BrN7OS. The van der Waals surface area contributed by atoms with E-state index in [0.29, 0.717) is 5.16 Å². The average Bonchev–Trinajstić information content (AvgIpc) is 3.02. The predicted molar refractivity (Wildman–Crippen MR) is 116 cm³/mol. The molecule has 3 rings (SSSR count). The number of thioether (sulfide) groups is 1. The van der Waals surface area contributed by atoms with Crippen LogP contribution in [0, 0.1) is 6.92 Å². The van der Waals surface area contributed by atoms with Crippen LogP contribution in [0.4, 0.5) is 11.6 Å². The van der Waals surface area contributed by atoms with Gasteiger partial charge in [0.15, 0.2) is 0 Å². The van der Waals surface area contributed by atoms with Crippen LogP contribution in [-0.2, 0) is 4.79 Å². The number of hydrogen-bond donors (Lipinski definition) is 3. The number of carbonyl (C=O) groups excluding carboxylic acids is 1. The first kappa shape index (κ1) is 19.9. The summed E-state index contributed by atoms with van der Waals surface area (Å²) in [7, 11) is 0. The highest BCUT2D eigenvalue weighted by molar-refractivity contribution is 9.10. The first-order chi connectivity index (χ1) is 13.5. The van der Waals surface area contributed by atoms with Crippen molar-refractivity contribution in [1.29, 1.82) is 0 Å². The highest BCUT2D eigenvalue weighted by Gasteiger charge is 2.12. The molecule has 1 amide bonds. The normalized spacial score (nSPS) is 10.9. The van der Waals surface area contributed by atoms with Crippen LogP contribution in [-0.4, -0.2) is 32.7 Å². The molecule has 0 bridgehead atoms. The minimum absolute atomic E-state index is 0.149. The van der Waals surface area contributed by atoms with Crippen molar-refractivity contribution in [2.45, 2.75) is 12.1 Å². The standard InChI is InChI=1S/C18H18BrN7OS/c1-12-5-2-3-8-15(12)22-16(27)11-28-18-25-24-17(26(18)20)23-21-10-13-6-4-7-14(19)9-13/h2-10H,11,20H2,1H3,(H,22,27)(H,23,24)/b21-10+. The zero-order valence-electron chi connectivity index (χ0n) is 15.0. The number of amides is 1. The van der Waals surface area contributed by atoms with Gasteiger partial charge in [-0.25, -0.2) is 10.1 Å². The van der Waals surface area contributed by atoms with Crippen molar-refractivity contribution in [2.24, 2.45) is 5.10 Å². The molecule has 0 aliphatic carbocycles.